The number of amides is 1. The van der Waals surface area contributed by atoms with E-state index in [1.807, 2.05) is 0 Å². The van der Waals surface area contributed by atoms with Crippen LogP contribution in [0.3, 0.4) is 0 Å². The van der Waals surface area contributed by atoms with E-state index in [1.165, 1.54) is 34.3 Å². The molecule has 0 aliphatic heterocycles. The first-order valence-corrected chi connectivity index (χ1v) is 10.8. The van der Waals surface area contributed by atoms with E-state index >= 15 is 0 Å². The molecular weight excluding hydrogens is 402 g/mol. The number of hydrogen-bond acceptors (Lipinski definition) is 5. The number of benzene rings is 1. The van der Waals surface area contributed by atoms with Gasteiger partial charge in [0.2, 0.25) is 15.9 Å². The van der Waals surface area contributed by atoms with Crippen LogP contribution in [0.2, 0.25) is 5.02 Å². The first kappa shape index (κ1) is 22.2. The van der Waals surface area contributed by atoms with E-state index in [4.69, 9.17) is 23.8 Å². The average Bonchev–Trinajstić information content (AvgIpc) is 2.55. The average molecular weight is 424 g/mol. The summed E-state index contributed by atoms with van der Waals surface area (Å²) in [4.78, 5) is 13.9. The predicted molar refractivity (Wildman–Crippen MR) is 109 cm³/mol. The molecule has 1 N–H and O–H groups in total. The zero-order chi connectivity index (χ0) is 19.2. The lowest BCUT2D eigenvalue weighted by atomic mass is 10.3. The van der Waals surface area contributed by atoms with Gasteiger partial charge >= 0.3 is 0 Å². The summed E-state index contributed by atoms with van der Waals surface area (Å²) < 4.78 is 27.1. The zero-order valence-corrected chi connectivity index (χ0v) is 17.8. The largest absolute Gasteiger partial charge is 0.364 e. The number of thiocarbonyl (C=S) groups is 1. The normalized spacial score (nSPS) is 11.4. The first-order chi connectivity index (χ1) is 11.6. The highest BCUT2D eigenvalue weighted by atomic mass is 35.5. The lowest BCUT2D eigenvalue weighted by Crippen LogP contribution is -2.30. The smallest absolute Gasteiger partial charge is 0.243 e. The third-order valence-electron chi connectivity index (χ3n) is 3.25. The maximum Gasteiger partial charge on any atom is 0.243 e. The number of thioether (sulfide) groups is 1. The third-order valence-corrected chi connectivity index (χ3v) is 7.36. The highest BCUT2D eigenvalue weighted by Crippen LogP contribution is 2.27. The van der Waals surface area contributed by atoms with E-state index in [0.29, 0.717) is 17.4 Å². The van der Waals surface area contributed by atoms with Gasteiger partial charge in [0.15, 0.2) is 0 Å². The Kier molecular flexibility index (Phi) is 8.62. The van der Waals surface area contributed by atoms with Crippen molar-refractivity contribution in [2.75, 3.05) is 38.3 Å². The van der Waals surface area contributed by atoms with Crippen LogP contribution in [0, 0.1) is 0 Å². The molecule has 0 bridgehead atoms. The number of hydrogen-bond donors (Lipinski definition) is 1. The van der Waals surface area contributed by atoms with Crippen molar-refractivity contribution >= 4 is 61.5 Å². The number of anilines is 1. The van der Waals surface area contributed by atoms with Crippen LogP contribution in [0.1, 0.15) is 13.8 Å². The maximum absolute atomic E-state index is 12.6. The molecule has 0 heterocycles. The predicted octanol–water partition coefficient (Wildman–Crippen LogP) is 2.89. The van der Waals surface area contributed by atoms with Gasteiger partial charge in [0, 0.05) is 27.2 Å². The Morgan fingerprint density at radius 1 is 1.28 bits per heavy atom. The van der Waals surface area contributed by atoms with Crippen LogP contribution >= 0.6 is 35.6 Å². The fourth-order valence-electron chi connectivity index (χ4n) is 1.92. The fourth-order valence-corrected chi connectivity index (χ4v) is 4.33. The molecule has 1 aromatic carbocycles. The Bertz CT molecular complexity index is 735. The third kappa shape index (κ3) is 6.10. The monoisotopic (exact) mass is 423 g/mol. The molecule has 1 rings (SSSR count). The molecule has 0 atom stereocenters. The molecule has 0 aliphatic carbocycles. The zero-order valence-electron chi connectivity index (χ0n) is 14.6. The summed E-state index contributed by atoms with van der Waals surface area (Å²) in [6, 6.07) is 4.27. The summed E-state index contributed by atoms with van der Waals surface area (Å²) in [7, 11) is -0.0279. The van der Waals surface area contributed by atoms with Crippen LogP contribution in [0.25, 0.3) is 0 Å². The van der Waals surface area contributed by atoms with Crippen molar-refractivity contribution in [3.63, 3.8) is 0 Å². The van der Waals surface area contributed by atoms with Crippen molar-refractivity contribution < 1.29 is 13.2 Å². The number of halogens is 1. The second-order valence-corrected chi connectivity index (χ2v) is 9.18. The topological polar surface area (TPSA) is 69.7 Å². The Morgan fingerprint density at radius 3 is 2.40 bits per heavy atom. The summed E-state index contributed by atoms with van der Waals surface area (Å²) in [6.45, 7) is 4.26. The van der Waals surface area contributed by atoms with E-state index in [9.17, 15) is 13.2 Å². The van der Waals surface area contributed by atoms with Gasteiger partial charge in [0.25, 0.3) is 0 Å². The molecule has 0 saturated carbocycles. The van der Waals surface area contributed by atoms with Gasteiger partial charge < -0.3 is 10.2 Å². The Hall–Kier alpha value is -0.870. The summed E-state index contributed by atoms with van der Waals surface area (Å²) in [5, 5.41) is 2.91. The molecule has 0 saturated heterocycles. The van der Waals surface area contributed by atoms with Crippen molar-refractivity contribution in [3.8, 4) is 0 Å². The number of rotatable bonds is 7. The molecule has 0 aromatic heterocycles. The first-order valence-electron chi connectivity index (χ1n) is 7.57. The highest BCUT2D eigenvalue weighted by Gasteiger charge is 2.22. The fraction of sp³-hybridized carbons (Fsp3) is 0.467. The van der Waals surface area contributed by atoms with Gasteiger partial charge in [-0.25, -0.2) is 8.42 Å². The van der Waals surface area contributed by atoms with E-state index in [0.717, 1.165) is 0 Å². The minimum absolute atomic E-state index is 0.0902. The molecule has 10 heteroatoms. The van der Waals surface area contributed by atoms with Gasteiger partial charge in [-0.05, 0) is 18.2 Å². The molecule has 0 radical (unpaired) electrons. The van der Waals surface area contributed by atoms with Crippen molar-refractivity contribution in [2.45, 2.75) is 18.7 Å². The minimum Gasteiger partial charge on any atom is -0.364 e. The molecule has 6 nitrogen and oxygen atoms in total. The van der Waals surface area contributed by atoms with Crippen LogP contribution in [0.4, 0.5) is 5.69 Å². The van der Waals surface area contributed by atoms with Gasteiger partial charge in [-0.15, -0.1) is 0 Å². The number of nitrogens with zero attached hydrogens (tertiary/aromatic N) is 2. The summed E-state index contributed by atoms with van der Waals surface area (Å²) in [6.07, 6.45) is 0. The van der Waals surface area contributed by atoms with Crippen molar-refractivity contribution in [1.29, 1.82) is 0 Å². The van der Waals surface area contributed by atoms with E-state index in [2.05, 4.69) is 5.32 Å². The number of carbonyl (C=O) groups is 1. The van der Waals surface area contributed by atoms with Crippen LogP contribution in [0.5, 0.6) is 0 Å². The number of carbonyl (C=O) groups excluding carboxylic acids is 1. The quantitative estimate of drug-likeness (QED) is 0.680. The molecule has 0 fully saturated rings. The SMILES string of the molecule is CCN(CC)S(=O)(=O)c1ccc(Cl)c(NC(=O)CSC(=S)N(C)C)c1. The van der Waals surface area contributed by atoms with Crippen LogP contribution in [-0.4, -0.2) is 60.8 Å². The molecule has 1 aromatic rings. The Morgan fingerprint density at radius 2 is 1.88 bits per heavy atom. The second-order valence-electron chi connectivity index (χ2n) is 5.23. The standard InChI is InChI=1S/C15H22ClN3O3S3/c1-5-19(6-2)25(21,22)11-7-8-12(16)13(9-11)17-14(20)10-24-15(23)18(3)4/h7-9H,5-6,10H2,1-4H3,(H,17,20). The second kappa shape index (κ2) is 9.72. The van der Waals surface area contributed by atoms with Crippen LogP contribution in [0.15, 0.2) is 23.1 Å². The summed E-state index contributed by atoms with van der Waals surface area (Å²) >= 11 is 12.4. The minimum atomic E-state index is -3.62. The highest BCUT2D eigenvalue weighted by molar-refractivity contribution is 8.23. The van der Waals surface area contributed by atoms with Crippen molar-refractivity contribution in [1.82, 2.24) is 9.21 Å². The summed E-state index contributed by atoms with van der Waals surface area (Å²) in [5.41, 5.74) is 0.260. The van der Waals surface area contributed by atoms with Crippen molar-refractivity contribution in [3.05, 3.63) is 23.2 Å². The van der Waals surface area contributed by atoms with Crippen molar-refractivity contribution in [2.24, 2.45) is 0 Å². The molecule has 25 heavy (non-hydrogen) atoms. The van der Waals surface area contributed by atoms with Gasteiger partial charge in [-0.3, -0.25) is 4.79 Å². The molecule has 0 aliphatic rings. The van der Waals surface area contributed by atoms with E-state index < -0.39 is 10.0 Å². The van der Waals surface area contributed by atoms with Gasteiger partial charge in [0.05, 0.1) is 21.4 Å². The van der Waals surface area contributed by atoms with Gasteiger partial charge in [-0.1, -0.05) is 49.4 Å². The molecular formula is C15H22ClN3O3S3. The molecule has 1 amide bonds. The molecule has 0 spiro atoms. The molecule has 0 unspecified atom stereocenters. The Labute approximate surface area is 163 Å². The summed E-state index contributed by atoms with van der Waals surface area (Å²) in [5.74, 6) is -0.200. The number of sulfonamides is 1. The van der Waals surface area contributed by atoms with Crippen LogP contribution < -0.4 is 5.32 Å². The molecule has 140 valence electrons. The maximum atomic E-state index is 12.6. The van der Waals surface area contributed by atoms with Crippen LogP contribution in [-0.2, 0) is 14.8 Å². The lowest BCUT2D eigenvalue weighted by molar-refractivity contribution is -0.113. The van der Waals surface area contributed by atoms with E-state index in [-0.39, 0.29) is 27.3 Å². The Balaban J connectivity index is 2.95. The van der Waals surface area contributed by atoms with E-state index in [1.54, 1.807) is 32.8 Å². The lowest BCUT2D eigenvalue weighted by Gasteiger charge is -2.19. The number of nitrogens with one attached hydrogen (secondary N) is 1. The van der Waals surface area contributed by atoms with Gasteiger partial charge in [0.1, 0.15) is 4.32 Å². The van der Waals surface area contributed by atoms with Gasteiger partial charge in [-0.2, -0.15) is 4.31 Å².